The van der Waals surface area contributed by atoms with Gasteiger partial charge in [-0.25, -0.2) is 0 Å². The zero-order valence-corrected chi connectivity index (χ0v) is 23.1. The number of ketones is 1. The highest BCUT2D eigenvalue weighted by Crippen LogP contribution is 2.47. The summed E-state index contributed by atoms with van der Waals surface area (Å²) >= 11 is 0. The fraction of sp³-hybridized carbons (Fsp3) is 0.273. The van der Waals surface area contributed by atoms with Crippen LogP contribution in [0.3, 0.4) is 0 Å². The molecule has 0 saturated heterocycles. The third-order valence-corrected chi connectivity index (χ3v) is 7.84. The van der Waals surface area contributed by atoms with Gasteiger partial charge in [0.05, 0.1) is 14.2 Å². The molecule has 6 nitrogen and oxygen atoms in total. The number of Topliss-reactive ketones (excluding diaryl/α,β-unsaturated/α-hetero) is 1. The van der Waals surface area contributed by atoms with Crippen LogP contribution in [0.1, 0.15) is 53.9 Å². The molecule has 0 bridgehead atoms. The highest BCUT2D eigenvalue weighted by atomic mass is 16.5. The number of para-hydroxylation sites is 1. The quantitative estimate of drug-likeness (QED) is 0.396. The van der Waals surface area contributed by atoms with Crippen molar-refractivity contribution in [1.82, 2.24) is 5.32 Å². The summed E-state index contributed by atoms with van der Waals surface area (Å²) in [5.74, 6) is 0.667. The van der Waals surface area contributed by atoms with Gasteiger partial charge in [0.2, 0.25) is 0 Å². The number of ether oxygens (including phenoxy) is 2. The lowest BCUT2D eigenvalue weighted by atomic mass is 9.71. The van der Waals surface area contributed by atoms with E-state index in [1.165, 1.54) is 0 Å². The standard InChI is InChI=1S/C33H34N2O4/c1-19-10-6-8-12-24(19)31-30(33(37)35-25-13-9-7-11-20(25)2)21(3)34-26-16-23(17-27(36)32(26)31)22-14-15-28(38-4)29(18-22)39-5/h6-15,18,23,31,34H,16-17H2,1-5H3,(H,35,37)/t23-,31-/m1/s1. The Hall–Kier alpha value is -4.32. The number of methoxy groups -OCH3 is 2. The first-order valence-electron chi connectivity index (χ1n) is 13.2. The van der Waals surface area contributed by atoms with E-state index < -0.39 is 5.92 Å². The van der Waals surface area contributed by atoms with Gasteiger partial charge in [0.1, 0.15) is 0 Å². The number of aryl methyl sites for hydroxylation is 2. The van der Waals surface area contributed by atoms with Crippen LogP contribution < -0.4 is 20.1 Å². The lowest BCUT2D eigenvalue weighted by molar-refractivity contribution is -0.116. The molecule has 0 fully saturated rings. The molecule has 0 spiro atoms. The predicted molar refractivity (Wildman–Crippen MR) is 153 cm³/mol. The number of benzene rings is 3. The monoisotopic (exact) mass is 522 g/mol. The maximum absolute atomic E-state index is 14.0. The molecule has 1 aliphatic heterocycles. The average Bonchev–Trinajstić information content (AvgIpc) is 2.93. The molecule has 200 valence electrons. The minimum Gasteiger partial charge on any atom is -0.493 e. The second-order valence-electron chi connectivity index (χ2n) is 10.3. The van der Waals surface area contributed by atoms with Crippen LogP contribution in [0.2, 0.25) is 0 Å². The van der Waals surface area contributed by atoms with Crippen molar-refractivity contribution < 1.29 is 19.1 Å². The molecule has 2 N–H and O–H groups in total. The van der Waals surface area contributed by atoms with E-state index >= 15 is 0 Å². The van der Waals surface area contributed by atoms with Crippen molar-refractivity contribution in [2.24, 2.45) is 0 Å². The molecule has 5 rings (SSSR count). The molecule has 0 saturated carbocycles. The van der Waals surface area contributed by atoms with E-state index in [9.17, 15) is 9.59 Å². The van der Waals surface area contributed by atoms with Crippen LogP contribution in [-0.2, 0) is 9.59 Å². The molecular weight excluding hydrogens is 488 g/mol. The minimum absolute atomic E-state index is 0.0174. The van der Waals surface area contributed by atoms with Gasteiger partial charge in [0.15, 0.2) is 17.3 Å². The maximum atomic E-state index is 14.0. The van der Waals surface area contributed by atoms with Gasteiger partial charge in [0.25, 0.3) is 5.91 Å². The summed E-state index contributed by atoms with van der Waals surface area (Å²) in [4.78, 5) is 27.8. The van der Waals surface area contributed by atoms with Crippen LogP contribution in [0.4, 0.5) is 5.69 Å². The SMILES string of the molecule is COc1ccc([C@H]2CC(=O)C3=C(C2)NC(C)=C(C(=O)Nc2ccccc2C)[C@H]3c2ccccc2C)cc1OC. The molecular formula is C33H34N2O4. The van der Waals surface area contributed by atoms with E-state index in [0.29, 0.717) is 35.5 Å². The van der Waals surface area contributed by atoms with Crippen LogP contribution in [0, 0.1) is 13.8 Å². The third-order valence-electron chi connectivity index (χ3n) is 7.84. The van der Waals surface area contributed by atoms with Crippen molar-refractivity contribution in [1.29, 1.82) is 0 Å². The Kier molecular flexibility index (Phi) is 7.29. The second kappa shape index (κ2) is 10.8. The topological polar surface area (TPSA) is 76.7 Å². The summed E-state index contributed by atoms with van der Waals surface area (Å²) in [5, 5.41) is 6.57. The van der Waals surface area contributed by atoms with E-state index in [1.54, 1.807) is 14.2 Å². The largest absolute Gasteiger partial charge is 0.493 e. The van der Waals surface area contributed by atoms with Crippen molar-refractivity contribution in [3.05, 3.63) is 112 Å². The summed E-state index contributed by atoms with van der Waals surface area (Å²) in [6.45, 7) is 5.92. The van der Waals surface area contributed by atoms with Gasteiger partial charge >= 0.3 is 0 Å². The van der Waals surface area contributed by atoms with Gasteiger partial charge in [-0.1, -0.05) is 48.5 Å². The van der Waals surface area contributed by atoms with Crippen molar-refractivity contribution in [2.75, 3.05) is 19.5 Å². The molecule has 3 aromatic carbocycles. The fourth-order valence-electron chi connectivity index (χ4n) is 5.81. The molecule has 39 heavy (non-hydrogen) atoms. The second-order valence-corrected chi connectivity index (χ2v) is 10.3. The zero-order chi connectivity index (χ0) is 27.7. The first-order valence-corrected chi connectivity index (χ1v) is 13.2. The summed E-state index contributed by atoms with van der Waals surface area (Å²) in [6.07, 6.45) is 1.01. The van der Waals surface area contributed by atoms with E-state index in [2.05, 4.69) is 10.6 Å². The Bertz CT molecular complexity index is 1520. The zero-order valence-electron chi connectivity index (χ0n) is 23.1. The number of carbonyl (C=O) groups is 2. The van der Waals surface area contributed by atoms with Gasteiger partial charge in [0, 0.05) is 40.6 Å². The Morgan fingerprint density at radius 2 is 1.56 bits per heavy atom. The molecule has 2 atom stereocenters. The Morgan fingerprint density at radius 3 is 2.26 bits per heavy atom. The number of hydrogen-bond acceptors (Lipinski definition) is 5. The molecule has 2 aliphatic rings. The van der Waals surface area contributed by atoms with Gasteiger partial charge in [-0.2, -0.15) is 0 Å². The highest BCUT2D eigenvalue weighted by Gasteiger charge is 2.41. The number of anilines is 1. The molecule has 0 aromatic heterocycles. The fourth-order valence-corrected chi connectivity index (χ4v) is 5.81. The lowest BCUT2D eigenvalue weighted by Crippen LogP contribution is -2.37. The molecule has 1 amide bonds. The molecule has 1 heterocycles. The number of carbonyl (C=O) groups excluding carboxylic acids is 2. The molecule has 3 aromatic rings. The Balaban J connectivity index is 1.56. The van der Waals surface area contributed by atoms with Crippen molar-refractivity contribution in [3.63, 3.8) is 0 Å². The van der Waals surface area contributed by atoms with Gasteiger partial charge in [-0.15, -0.1) is 0 Å². The summed E-state index contributed by atoms with van der Waals surface area (Å²) < 4.78 is 10.9. The maximum Gasteiger partial charge on any atom is 0.254 e. The van der Waals surface area contributed by atoms with Gasteiger partial charge < -0.3 is 20.1 Å². The molecule has 0 radical (unpaired) electrons. The third kappa shape index (κ3) is 4.94. The molecule has 1 aliphatic carbocycles. The number of hydrogen-bond donors (Lipinski definition) is 2. The first-order chi connectivity index (χ1) is 18.8. The number of dihydropyridines is 1. The van der Waals surface area contributed by atoms with Crippen LogP contribution >= 0.6 is 0 Å². The van der Waals surface area contributed by atoms with Crippen LogP contribution in [0.25, 0.3) is 0 Å². The van der Waals surface area contributed by atoms with E-state index in [1.807, 2.05) is 87.5 Å². The molecule has 6 heteroatoms. The Morgan fingerprint density at radius 1 is 0.872 bits per heavy atom. The number of rotatable bonds is 6. The van der Waals surface area contributed by atoms with Crippen molar-refractivity contribution in [2.45, 2.75) is 45.4 Å². The summed E-state index contributed by atoms with van der Waals surface area (Å²) in [5.41, 5.74) is 7.66. The normalized spacial score (nSPS) is 18.8. The van der Waals surface area contributed by atoms with E-state index in [0.717, 1.165) is 39.3 Å². The van der Waals surface area contributed by atoms with Crippen LogP contribution in [-0.4, -0.2) is 25.9 Å². The number of allylic oxidation sites excluding steroid dienone is 3. The smallest absolute Gasteiger partial charge is 0.254 e. The Labute approximate surface area is 229 Å². The minimum atomic E-state index is -0.453. The highest BCUT2D eigenvalue weighted by molar-refractivity contribution is 6.10. The van der Waals surface area contributed by atoms with Crippen molar-refractivity contribution >= 4 is 17.4 Å². The number of amides is 1. The summed E-state index contributed by atoms with van der Waals surface area (Å²) in [7, 11) is 3.22. The van der Waals surface area contributed by atoms with Crippen LogP contribution in [0.5, 0.6) is 11.5 Å². The first kappa shape index (κ1) is 26.3. The van der Waals surface area contributed by atoms with Crippen LogP contribution in [0.15, 0.2) is 89.3 Å². The van der Waals surface area contributed by atoms with Gasteiger partial charge in [-0.3, -0.25) is 9.59 Å². The van der Waals surface area contributed by atoms with Gasteiger partial charge in [-0.05, 0) is 73.6 Å². The van der Waals surface area contributed by atoms with Crippen molar-refractivity contribution in [3.8, 4) is 11.5 Å². The number of nitrogens with one attached hydrogen (secondary N) is 2. The summed E-state index contributed by atoms with van der Waals surface area (Å²) in [6, 6.07) is 21.5. The van der Waals surface area contributed by atoms with E-state index in [-0.39, 0.29) is 17.6 Å². The predicted octanol–water partition coefficient (Wildman–Crippen LogP) is 6.32. The average molecular weight is 523 g/mol. The molecule has 0 unspecified atom stereocenters. The van der Waals surface area contributed by atoms with E-state index in [4.69, 9.17) is 9.47 Å². The lowest BCUT2D eigenvalue weighted by Gasteiger charge is -2.37.